The van der Waals surface area contributed by atoms with Gasteiger partial charge in [-0.05, 0) is 12.1 Å². The van der Waals surface area contributed by atoms with Crippen molar-refractivity contribution in [3.05, 3.63) is 33.3 Å². The van der Waals surface area contributed by atoms with Gasteiger partial charge < -0.3 is 10.0 Å². The van der Waals surface area contributed by atoms with E-state index >= 15 is 0 Å². The number of amides is 1. The maximum atomic E-state index is 11.8. The highest BCUT2D eigenvalue weighted by Gasteiger charge is 2.34. The van der Waals surface area contributed by atoms with Crippen LogP contribution in [0.2, 0.25) is 5.02 Å². The van der Waals surface area contributed by atoms with Gasteiger partial charge >= 0.3 is 5.69 Å². The number of carbonyl (C=O) groups is 1. The van der Waals surface area contributed by atoms with Gasteiger partial charge in [-0.2, -0.15) is 0 Å². The number of nitro groups is 1. The molecule has 1 aliphatic rings. The van der Waals surface area contributed by atoms with Crippen LogP contribution in [0.3, 0.4) is 0 Å². The molecule has 1 aromatic carbocycles. The number of aliphatic hydroxyl groups excluding tert-OH is 1. The first-order valence-corrected chi connectivity index (χ1v) is 5.76. The average Bonchev–Trinajstić information content (AvgIpc) is 2.69. The second-order valence-corrected chi connectivity index (χ2v) is 4.53. The van der Waals surface area contributed by atoms with E-state index in [1.807, 2.05) is 0 Å². The zero-order valence-corrected chi connectivity index (χ0v) is 10.1. The fraction of sp³-hybridized carbons (Fsp3) is 0.364. The number of nitrogens with zero attached hydrogens (tertiary/aromatic N) is 2. The lowest BCUT2D eigenvalue weighted by atomic mass is 10.1. The van der Waals surface area contributed by atoms with Crippen LogP contribution in [0.5, 0.6) is 0 Å². The number of benzene rings is 1. The third-order valence-corrected chi connectivity index (χ3v) is 3.21. The van der Waals surface area contributed by atoms with E-state index in [2.05, 4.69) is 0 Å². The molecule has 1 atom stereocenters. The van der Waals surface area contributed by atoms with E-state index in [4.69, 9.17) is 16.7 Å². The monoisotopic (exact) mass is 270 g/mol. The molecule has 0 saturated carbocycles. The number of carbonyl (C=O) groups excluding carboxylic acids is 1. The van der Waals surface area contributed by atoms with Gasteiger partial charge in [-0.3, -0.25) is 14.9 Å². The highest BCUT2D eigenvalue weighted by atomic mass is 35.5. The summed E-state index contributed by atoms with van der Waals surface area (Å²) in [7, 11) is 0. The molecule has 1 fully saturated rings. The third kappa shape index (κ3) is 2.16. The maximum Gasteiger partial charge on any atom is 0.311 e. The van der Waals surface area contributed by atoms with Gasteiger partial charge in [0.25, 0.3) is 0 Å². The molecule has 0 radical (unpaired) electrons. The fourth-order valence-corrected chi connectivity index (χ4v) is 2.28. The Bertz CT molecular complexity index is 506. The van der Waals surface area contributed by atoms with Crippen LogP contribution in [0.1, 0.15) is 6.42 Å². The SMILES string of the molecule is O=C1CC(CO)CN1c1cccc(Cl)c1[N+](=O)[O-]. The van der Waals surface area contributed by atoms with Gasteiger partial charge in [0.1, 0.15) is 10.7 Å². The summed E-state index contributed by atoms with van der Waals surface area (Å²) in [5, 5.41) is 20.0. The lowest BCUT2D eigenvalue weighted by Crippen LogP contribution is -2.25. The molecule has 1 saturated heterocycles. The van der Waals surface area contributed by atoms with Crippen molar-refractivity contribution in [3.8, 4) is 0 Å². The van der Waals surface area contributed by atoms with E-state index < -0.39 is 4.92 Å². The van der Waals surface area contributed by atoms with E-state index in [9.17, 15) is 14.9 Å². The molecule has 1 N–H and O–H groups in total. The van der Waals surface area contributed by atoms with E-state index in [1.54, 1.807) is 6.07 Å². The van der Waals surface area contributed by atoms with Gasteiger partial charge in [0.05, 0.1) is 4.92 Å². The minimum absolute atomic E-state index is 0.00208. The van der Waals surface area contributed by atoms with Crippen LogP contribution < -0.4 is 4.90 Å². The first kappa shape index (κ1) is 12.8. The zero-order valence-electron chi connectivity index (χ0n) is 9.38. The van der Waals surface area contributed by atoms with Crippen molar-refractivity contribution in [2.45, 2.75) is 6.42 Å². The minimum atomic E-state index is -0.600. The summed E-state index contributed by atoms with van der Waals surface area (Å²) in [6, 6.07) is 4.46. The fourth-order valence-electron chi connectivity index (χ4n) is 2.04. The normalized spacial score (nSPS) is 19.3. The summed E-state index contributed by atoms with van der Waals surface area (Å²) < 4.78 is 0. The summed E-state index contributed by atoms with van der Waals surface area (Å²) in [6.07, 6.45) is 0.195. The molecule has 1 heterocycles. The molecule has 1 aromatic rings. The zero-order chi connectivity index (χ0) is 13.3. The number of rotatable bonds is 3. The summed E-state index contributed by atoms with van der Waals surface area (Å²) in [4.78, 5) is 23.5. The van der Waals surface area contributed by atoms with Gasteiger partial charge in [-0.1, -0.05) is 17.7 Å². The highest BCUT2D eigenvalue weighted by molar-refractivity contribution is 6.33. The van der Waals surface area contributed by atoms with Crippen LogP contribution in [0.15, 0.2) is 18.2 Å². The average molecular weight is 271 g/mol. The van der Waals surface area contributed by atoms with E-state index in [0.717, 1.165) is 0 Å². The minimum Gasteiger partial charge on any atom is -0.396 e. The van der Waals surface area contributed by atoms with Crippen LogP contribution in [0.25, 0.3) is 0 Å². The molecule has 0 aromatic heterocycles. The maximum absolute atomic E-state index is 11.8. The Morgan fingerprint density at radius 1 is 1.56 bits per heavy atom. The Morgan fingerprint density at radius 3 is 2.83 bits per heavy atom. The molecule has 18 heavy (non-hydrogen) atoms. The van der Waals surface area contributed by atoms with Crippen LogP contribution in [-0.4, -0.2) is 29.1 Å². The largest absolute Gasteiger partial charge is 0.396 e. The van der Waals surface area contributed by atoms with Crippen molar-refractivity contribution < 1.29 is 14.8 Å². The van der Waals surface area contributed by atoms with E-state index in [-0.39, 0.29) is 47.8 Å². The van der Waals surface area contributed by atoms with E-state index in [1.165, 1.54) is 17.0 Å². The Labute approximate surface area is 108 Å². The Balaban J connectivity index is 2.43. The number of hydrogen-bond acceptors (Lipinski definition) is 4. The van der Waals surface area contributed by atoms with Gasteiger partial charge in [0, 0.05) is 25.5 Å². The molecule has 2 rings (SSSR count). The molecule has 1 aliphatic heterocycles. The van der Waals surface area contributed by atoms with E-state index in [0.29, 0.717) is 0 Å². The van der Waals surface area contributed by atoms with Crippen LogP contribution in [0, 0.1) is 16.0 Å². The second-order valence-electron chi connectivity index (χ2n) is 4.12. The number of anilines is 1. The molecular weight excluding hydrogens is 260 g/mol. The van der Waals surface area contributed by atoms with Crippen LogP contribution in [-0.2, 0) is 4.79 Å². The smallest absolute Gasteiger partial charge is 0.311 e. The molecule has 1 unspecified atom stereocenters. The van der Waals surface area contributed by atoms with Crippen molar-refractivity contribution in [2.24, 2.45) is 5.92 Å². The lowest BCUT2D eigenvalue weighted by molar-refractivity contribution is -0.383. The van der Waals surface area contributed by atoms with Crippen LogP contribution in [0.4, 0.5) is 11.4 Å². The number of nitro benzene ring substituents is 1. The number of halogens is 1. The predicted octanol–water partition coefficient (Wildman–Crippen LogP) is 1.59. The van der Waals surface area contributed by atoms with Gasteiger partial charge in [-0.15, -0.1) is 0 Å². The predicted molar refractivity (Wildman–Crippen MR) is 65.7 cm³/mol. The topological polar surface area (TPSA) is 83.7 Å². The van der Waals surface area contributed by atoms with Crippen LogP contribution >= 0.6 is 11.6 Å². The number of para-hydroxylation sites is 1. The Hall–Kier alpha value is -1.66. The van der Waals surface area contributed by atoms with Crippen molar-refractivity contribution in [1.82, 2.24) is 0 Å². The molecule has 96 valence electrons. The quantitative estimate of drug-likeness (QED) is 0.668. The molecule has 0 bridgehead atoms. The number of aliphatic hydroxyl groups is 1. The summed E-state index contributed by atoms with van der Waals surface area (Å²) in [5.41, 5.74) is -0.0837. The summed E-state index contributed by atoms with van der Waals surface area (Å²) >= 11 is 5.79. The van der Waals surface area contributed by atoms with Crippen molar-refractivity contribution >= 4 is 28.9 Å². The second kappa shape index (κ2) is 4.91. The molecule has 7 heteroatoms. The van der Waals surface area contributed by atoms with Gasteiger partial charge in [-0.25, -0.2) is 0 Å². The Kier molecular flexibility index (Phi) is 3.49. The van der Waals surface area contributed by atoms with Crippen molar-refractivity contribution in [1.29, 1.82) is 0 Å². The standard InChI is InChI=1S/C11H11ClN2O4/c12-8-2-1-3-9(11(8)14(17)18)13-5-7(6-15)4-10(13)16/h1-3,7,15H,4-6H2. The molecule has 6 nitrogen and oxygen atoms in total. The highest BCUT2D eigenvalue weighted by Crippen LogP contribution is 2.37. The Morgan fingerprint density at radius 2 is 2.28 bits per heavy atom. The molecule has 1 amide bonds. The lowest BCUT2D eigenvalue weighted by Gasteiger charge is -2.16. The molecular formula is C11H11ClN2O4. The van der Waals surface area contributed by atoms with Crippen molar-refractivity contribution in [2.75, 3.05) is 18.1 Å². The van der Waals surface area contributed by atoms with Gasteiger partial charge in [0.15, 0.2) is 0 Å². The molecule has 0 spiro atoms. The first-order valence-electron chi connectivity index (χ1n) is 5.38. The van der Waals surface area contributed by atoms with Gasteiger partial charge in [0.2, 0.25) is 5.91 Å². The number of hydrogen-bond donors (Lipinski definition) is 1. The summed E-state index contributed by atoms with van der Waals surface area (Å²) in [5.74, 6) is -0.421. The summed E-state index contributed by atoms with van der Waals surface area (Å²) in [6.45, 7) is 0.160. The van der Waals surface area contributed by atoms with Crippen molar-refractivity contribution in [3.63, 3.8) is 0 Å². The first-order chi connectivity index (χ1) is 8.54. The molecule has 0 aliphatic carbocycles. The third-order valence-electron chi connectivity index (χ3n) is 2.90.